The van der Waals surface area contributed by atoms with E-state index in [-0.39, 0.29) is 0 Å². The monoisotopic (exact) mass is 1100 g/mol. The van der Waals surface area contributed by atoms with Gasteiger partial charge in [0.25, 0.3) is 0 Å². The first kappa shape index (κ1) is 55.2. The molecule has 12 rings (SSSR count). The highest BCUT2D eigenvalue weighted by Gasteiger charge is 2.34. The minimum Gasteiger partial charge on any atom is -0.307 e. The van der Waals surface area contributed by atoms with Crippen molar-refractivity contribution in [3.05, 3.63) is 248 Å². The summed E-state index contributed by atoms with van der Waals surface area (Å²) >= 11 is 0. The van der Waals surface area contributed by atoms with Crippen LogP contribution in [-0.2, 0) is 0 Å². The van der Waals surface area contributed by atoms with Gasteiger partial charge in [-0.3, -0.25) is 19.9 Å². The van der Waals surface area contributed by atoms with Gasteiger partial charge in [0.2, 0.25) is 0 Å². The quantitative estimate of drug-likeness (QED) is 0.112. The van der Waals surface area contributed by atoms with E-state index in [0.717, 1.165) is 190 Å². The van der Waals surface area contributed by atoms with E-state index in [0.29, 0.717) is 0 Å². The molecule has 0 saturated carbocycles. The number of para-hydroxylation sites is 4. The highest BCUT2D eigenvalue weighted by Crippen LogP contribution is 2.58. The lowest BCUT2D eigenvalue weighted by molar-refractivity contribution is 1.10. The molecule has 418 valence electrons. The van der Waals surface area contributed by atoms with Crippen LogP contribution in [0.4, 0.5) is 68.2 Å². The van der Waals surface area contributed by atoms with Crippen LogP contribution in [-0.4, -0.2) is 19.9 Å². The summed E-state index contributed by atoms with van der Waals surface area (Å²) in [6.45, 7) is 35.4. The largest absolute Gasteiger partial charge is 0.307 e. The fourth-order valence-corrected chi connectivity index (χ4v) is 13.8. The summed E-state index contributed by atoms with van der Waals surface area (Å²) in [4.78, 5) is 30.5. The standard InChI is InChI=1S/C76H74N8/c1-43-21-17-22-44(2)69(43)81(73-51(9)33-37-77-55(73)13)63-41-64(82(70-45(3)23-18-24-46(70)4)74-52(10)34-38-78-56(74)14)60-31-32-62-66(84(72-49(7)27-20-28-50(72)8)76-54(12)36-40-80-58(76)16)42-65(61-30-29-59(63)67(60)68(61)62)83(71-47(5)25-19-26-48(71)6)75-53(11)35-39-79-57(75)15/h17-42H,1-16H3. The van der Waals surface area contributed by atoms with Crippen molar-refractivity contribution in [2.75, 3.05) is 19.6 Å². The first-order valence-electron chi connectivity index (χ1n) is 29.3. The summed E-state index contributed by atoms with van der Waals surface area (Å²) in [5, 5.41) is 6.74. The summed E-state index contributed by atoms with van der Waals surface area (Å²) in [6.07, 6.45) is 7.75. The van der Waals surface area contributed by atoms with Gasteiger partial charge in [0, 0.05) is 57.1 Å². The molecule has 0 saturated heterocycles. The Labute approximate surface area is 496 Å². The van der Waals surface area contributed by atoms with Crippen LogP contribution >= 0.6 is 0 Å². The van der Waals surface area contributed by atoms with Crippen LogP contribution in [0.5, 0.6) is 0 Å². The van der Waals surface area contributed by atoms with Crippen LogP contribution in [0.3, 0.4) is 0 Å². The number of pyridine rings is 4. The van der Waals surface area contributed by atoms with Gasteiger partial charge in [-0.25, -0.2) is 0 Å². The normalized spacial score (nSPS) is 11.6. The van der Waals surface area contributed by atoms with Gasteiger partial charge < -0.3 is 19.6 Å². The number of nitrogens with zero attached hydrogens (tertiary/aromatic N) is 8. The molecule has 0 aliphatic heterocycles. The van der Waals surface area contributed by atoms with Gasteiger partial charge in [-0.1, -0.05) is 97.1 Å². The average Bonchev–Trinajstić information content (AvgIpc) is 1.34. The maximum absolute atomic E-state index is 5.08. The van der Waals surface area contributed by atoms with Gasteiger partial charge in [-0.2, -0.15) is 0 Å². The van der Waals surface area contributed by atoms with Crippen molar-refractivity contribution in [3.63, 3.8) is 0 Å². The molecule has 0 amide bonds. The minimum absolute atomic E-state index is 0.943. The van der Waals surface area contributed by atoms with Crippen LogP contribution in [0, 0.1) is 111 Å². The van der Waals surface area contributed by atoms with E-state index in [9.17, 15) is 0 Å². The van der Waals surface area contributed by atoms with Crippen LogP contribution < -0.4 is 19.6 Å². The fourth-order valence-electron chi connectivity index (χ4n) is 13.8. The Morgan fingerprint density at radius 1 is 0.214 bits per heavy atom. The third kappa shape index (κ3) is 8.89. The van der Waals surface area contributed by atoms with E-state index < -0.39 is 0 Å². The smallest absolute Gasteiger partial charge is 0.0703 e. The maximum Gasteiger partial charge on any atom is 0.0703 e. The summed E-state index contributed by atoms with van der Waals surface area (Å²) in [6, 6.07) is 49.8. The van der Waals surface area contributed by atoms with Gasteiger partial charge in [0.05, 0.1) is 91.0 Å². The van der Waals surface area contributed by atoms with Crippen molar-refractivity contribution in [2.45, 2.75) is 111 Å². The number of rotatable bonds is 12. The van der Waals surface area contributed by atoms with Crippen molar-refractivity contribution < 1.29 is 0 Å². The molecule has 0 unspecified atom stereocenters. The predicted molar refractivity (Wildman–Crippen MR) is 356 cm³/mol. The van der Waals surface area contributed by atoms with Crippen molar-refractivity contribution in [2.24, 2.45) is 0 Å². The van der Waals surface area contributed by atoms with E-state index in [1.54, 1.807) is 0 Å². The Kier molecular flexibility index (Phi) is 14.1. The summed E-state index contributed by atoms with van der Waals surface area (Å²) in [5.74, 6) is 0. The molecule has 0 spiro atoms. The van der Waals surface area contributed by atoms with E-state index in [4.69, 9.17) is 19.9 Å². The predicted octanol–water partition coefficient (Wildman–Crippen LogP) is 21.0. The lowest BCUT2D eigenvalue weighted by atomic mass is 9.88. The maximum atomic E-state index is 5.08. The second-order valence-electron chi connectivity index (χ2n) is 23.5. The lowest BCUT2D eigenvalue weighted by Crippen LogP contribution is -2.20. The number of hydrogen-bond acceptors (Lipinski definition) is 8. The highest BCUT2D eigenvalue weighted by atomic mass is 15.2. The third-order valence-corrected chi connectivity index (χ3v) is 17.6. The Morgan fingerprint density at radius 2 is 0.393 bits per heavy atom. The van der Waals surface area contributed by atoms with Gasteiger partial charge in [-0.05, 0) is 214 Å². The van der Waals surface area contributed by atoms with Gasteiger partial charge in [0.15, 0.2) is 0 Å². The number of benzene rings is 8. The van der Waals surface area contributed by atoms with Gasteiger partial charge in [-0.15, -0.1) is 0 Å². The molecule has 0 aliphatic rings. The molecule has 0 N–H and O–H groups in total. The molecule has 8 aromatic carbocycles. The molecular formula is C76H74N8. The van der Waals surface area contributed by atoms with Crippen molar-refractivity contribution in [1.29, 1.82) is 0 Å². The van der Waals surface area contributed by atoms with E-state index in [2.05, 4.69) is 264 Å². The van der Waals surface area contributed by atoms with Crippen molar-refractivity contribution in [1.82, 2.24) is 19.9 Å². The summed E-state index contributed by atoms with van der Waals surface area (Å²) in [5.41, 5.74) is 30.5. The first-order valence-corrected chi connectivity index (χ1v) is 29.3. The first-order chi connectivity index (χ1) is 40.4. The molecule has 0 atom stereocenters. The van der Waals surface area contributed by atoms with E-state index in [1.807, 2.05) is 24.8 Å². The molecule has 4 aromatic heterocycles. The minimum atomic E-state index is 0.943. The fraction of sp³-hybridized carbons (Fsp3) is 0.211. The zero-order chi connectivity index (χ0) is 59.2. The van der Waals surface area contributed by atoms with Crippen LogP contribution in [0.25, 0.3) is 32.3 Å². The van der Waals surface area contributed by atoms with Crippen LogP contribution in [0.2, 0.25) is 0 Å². The summed E-state index contributed by atoms with van der Waals surface area (Å²) in [7, 11) is 0. The zero-order valence-corrected chi connectivity index (χ0v) is 51.6. The van der Waals surface area contributed by atoms with Gasteiger partial charge in [0.1, 0.15) is 0 Å². The molecular weight excluding hydrogens is 1020 g/mol. The third-order valence-electron chi connectivity index (χ3n) is 17.6. The Hall–Kier alpha value is -9.40. The Morgan fingerprint density at radius 3 is 0.571 bits per heavy atom. The Balaban J connectivity index is 1.39. The second kappa shape index (κ2) is 21.4. The number of aromatic nitrogens is 4. The number of anilines is 12. The molecule has 0 aliphatic carbocycles. The number of aryl methyl sites for hydroxylation is 16. The Bertz CT molecular complexity index is 3670. The van der Waals surface area contributed by atoms with Crippen molar-refractivity contribution in [3.8, 4) is 0 Å². The molecule has 8 nitrogen and oxygen atoms in total. The molecule has 84 heavy (non-hydrogen) atoms. The SMILES string of the molecule is Cc1cccc(C)c1N(c1c(C)ccnc1C)c1cc(N(c2c(C)cccc2C)c2c(C)ccnc2C)c2ccc3c(N(c4c(C)cccc4C)c4c(C)ccnc4C)cc(N(c4c(C)cccc4C)c4c(C)ccnc4C)c4ccc1c2c43. The van der Waals surface area contributed by atoms with E-state index >= 15 is 0 Å². The van der Waals surface area contributed by atoms with E-state index in [1.165, 1.54) is 0 Å². The lowest BCUT2D eigenvalue weighted by Gasteiger charge is -2.37. The highest BCUT2D eigenvalue weighted by molar-refractivity contribution is 6.33. The molecule has 8 heteroatoms. The van der Waals surface area contributed by atoms with Gasteiger partial charge >= 0.3 is 0 Å². The zero-order valence-electron chi connectivity index (χ0n) is 51.6. The topological polar surface area (TPSA) is 64.5 Å². The molecule has 0 bridgehead atoms. The van der Waals surface area contributed by atoms with Crippen molar-refractivity contribution >= 4 is 101 Å². The molecule has 0 fully saturated rings. The molecule has 12 aromatic rings. The summed E-state index contributed by atoms with van der Waals surface area (Å²) < 4.78 is 0. The van der Waals surface area contributed by atoms with Crippen LogP contribution in [0.15, 0.2) is 158 Å². The molecule has 0 radical (unpaired) electrons. The second-order valence-corrected chi connectivity index (χ2v) is 23.5. The molecule has 4 heterocycles. The van der Waals surface area contributed by atoms with Crippen LogP contribution in [0.1, 0.15) is 89.5 Å². The number of hydrogen-bond donors (Lipinski definition) is 0. The average molecular weight is 1100 g/mol.